The number of carbonyl (C=O) groups is 1. The molecule has 1 aromatic carbocycles. The number of amides is 1. The van der Waals surface area contributed by atoms with E-state index in [0.29, 0.717) is 12.2 Å². The van der Waals surface area contributed by atoms with Gasteiger partial charge in [-0.2, -0.15) is 5.10 Å². The molecule has 8 nitrogen and oxygen atoms in total. The van der Waals surface area contributed by atoms with E-state index in [2.05, 4.69) is 10.4 Å². The van der Waals surface area contributed by atoms with Crippen molar-refractivity contribution in [3.05, 3.63) is 82.1 Å². The molecule has 0 bridgehead atoms. The Balaban J connectivity index is 1.57. The van der Waals surface area contributed by atoms with Gasteiger partial charge in [0.25, 0.3) is 0 Å². The summed E-state index contributed by atoms with van der Waals surface area (Å²) in [5, 5.41) is 17.3. The molecule has 0 unspecified atom stereocenters. The number of halogens is 1. The Morgan fingerprint density at radius 1 is 1.31 bits per heavy atom. The number of furan rings is 1. The number of hydrogen-bond donors (Lipinski definition) is 1. The summed E-state index contributed by atoms with van der Waals surface area (Å²) < 4.78 is 19.4. The SMILES string of the molecule is O=C(/C=C/c1ccc([N+](=O)[O-])o1)Nc1cnn(Cc2ccc(F)cc2)c1. The van der Waals surface area contributed by atoms with Crippen molar-refractivity contribution in [1.82, 2.24) is 9.78 Å². The zero-order valence-corrected chi connectivity index (χ0v) is 13.3. The van der Waals surface area contributed by atoms with Crippen LogP contribution in [0, 0.1) is 15.9 Å². The molecule has 2 heterocycles. The van der Waals surface area contributed by atoms with Crippen LogP contribution in [-0.2, 0) is 11.3 Å². The Kier molecular flexibility index (Phi) is 4.88. The Morgan fingerprint density at radius 3 is 2.77 bits per heavy atom. The van der Waals surface area contributed by atoms with Crippen LogP contribution in [0.25, 0.3) is 6.08 Å². The van der Waals surface area contributed by atoms with Crippen LogP contribution in [-0.4, -0.2) is 20.6 Å². The molecule has 0 spiro atoms. The Labute approximate surface area is 146 Å². The molecule has 0 aliphatic carbocycles. The van der Waals surface area contributed by atoms with Crippen molar-refractivity contribution >= 4 is 23.6 Å². The summed E-state index contributed by atoms with van der Waals surface area (Å²) in [7, 11) is 0. The van der Waals surface area contributed by atoms with E-state index in [1.165, 1.54) is 42.6 Å². The number of nitrogens with zero attached hydrogens (tertiary/aromatic N) is 3. The number of nitrogens with one attached hydrogen (secondary N) is 1. The molecular weight excluding hydrogens is 343 g/mol. The second kappa shape index (κ2) is 7.43. The number of benzene rings is 1. The maximum atomic E-state index is 12.9. The molecule has 9 heteroatoms. The fourth-order valence-corrected chi connectivity index (χ4v) is 2.16. The highest BCUT2D eigenvalue weighted by Crippen LogP contribution is 2.16. The summed E-state index contributed by atoms with van der Waals surface area (Å²) in [6.07, 6.45) is 5.63. The summed E-state index contributed by atoms with van der Waals surface area (Å²) in [6.45, 7) is 0.433. The molecule has 3 rings (SSSR count). The van der Waals surface area contributed by atoms with Crippen molar-refractivity contribution in [1.29, 1.82) is 0 Å². The van der Waals surface area contributed by atoms with Crippen molar-refractivity contribution in [2.45, 2.75) is 6.54 Å². The molecule has 3 aromatic rings. The third-order valence-electron chi connectivity index (χ3n) is 3.35. The molecular formula is C17H13FN4O4. The highest BCUT2D eigenvalue weighted by atomic mass is 19.1. The van der Waals surface area contributed by atoms with Crippen LogP contribution in [0.4, 0.5) is 16.0 Å². The zero-order valence-electron chi connectivity index (χ0n) is 13.3. The lowest BCUT2D eigenvalue weighted by molar-refractivity contribution is -0.402. The summed E-state index contributed by atoms with van der Waals surface area (Å²) in [5.74, 6) is -0.952. The van der Waals surface area contributed by atoms with Gasteiger partial charge in [0, 0.05) is 12.3 Å². The summed E-state index contributed by atoms with van der Waals surface area (Å²) in [4.78, 5) is 21.7. The fourth-order valence-electron chi connectivity index (χ4n) is 2.16. The monoisotopic (exact) mass is 356 g/mol. The van der Waals surface area contributed by atoms with E-state index in [9.17, 15) is 19.3 Å². The summed E-state index contributed by atoms with van der Waals surface area (Å²) in [6, 6.07) is 8.64. The molecule has 0 fully saturated rings. The molecule has 1 N–H and O–H groups in total. The lowest BCUT2D eigenvalue weighted by Gasteiger charge is -2.01. The van der Waals surface area contributed by atoms with Crippen LogP contribution in [0.3, 0.4) is 0 Å². The molecule has 0 radical (unpaired) electrons. The number of aromatic nitrogens is 2. The predicted molar refractivity (Wildman–Crippen MR) is 90.8 cm³/mol. The third kappa shape index (κ3) is 4.41. The zero-order chi connectivity index (χ0) is 18.5. The van der Waals surface area contributed by atoms with Gasteiger partial charge in [-0.05, 0) is 29.8 Å². The van der Waals surface area contributed by atoms with Gasteiger partial charge in [-0.3, -0.25) is 19.6 Å². The smallest absolute Gasteiger partial charge is 0.401 e. The molecule has 26 heavy (non-hydrogen) atoms. The second-order valence-electron chi connectivity index (χ2n) is 5.31. The van der Waals surface area contributed by atoms with Gasteiger partial charge in [0.1, 0.15) is 16.5 Å². The quantitative estimate of drug-likeness (QED) is 0.415. The van der Waals surface area contributed by atoms with Crippen molar-refractivity contribution in [2.75, 3.05) is 5.32 Å². The Hall–Kier alpha value is -3.75. The second-order valence-corrected chi connectivity index (χ2v) is 5.31. The van der Waals surface area contributed by atoms with Gasteiger partial charge in [0.05, 0.1) is 24.5 Å². The van der Waals surface area contributed by atoms with Crippen LogP contribution >= 0.6 is 0 Å². The van der Waals surface area contributed by atoms with Gasteiger partial charge < -0.3 is 9.73 Å². The first-order valence-electron chi connectivity index (χ1n) is 7.50. The molecule has 0 atom stereocenters. The minimum atomic E-state index is -0.660. The number of nitro groups is 1. The van der Waals surface area contributed by atoms with Crippen LogP contribution in [0.5, 0.6) is 0 Å². The van der Waals surface area contributed by atoms with E-state index < -0.39 is 16.7 Å². The molecule has 0 saturated heterocycles. The van der Waals surface area contributed by atoms with E-state index in [1.807, 2.05) is 0 Å². The lowest BCUT2D eigenvalue weighted by atomic mass is 10.2. The molecule has 1 amide bonds. The fraction of sp³-hybridized carbons (Fsp3) is 0.0588. The van der Waals surface area contributed by atoms with Crippen molar-refractivity contribution < 1.29 is 18.5 Å². The number of rotatable bonds is 6. The predicted octanol–water partition coefficient (Wildman–Crippen LogP) is 3.22. The van der Waals surface area contributed by atoms with Crippen LogP contribution in [0.2, 0.25) is 0 Å². The van der Waals surface area contributed by atoms with Crippen LogP contribution in [0.15, 0.2) is 59.3 Å². The van der Waals surface area contributed by atoms with Crippen LogP contribution < -0.4 is 5.32 Å². The molecule has 2 aromatic heterocycles. The first-order valence-corrected chi connectivity index (χ1v) is 7.50. The number of hydrogen-bond acceptors (Lipinski definition) is 5. The van der Waals surface area contributed by atoms with E-state index in [-0.39, 0.29) is 11.6 Å². The summed E-state index contributed by atoms with van der Waals surface area (Å²) >= 11 is 0. The van der Waals surface area contributed by atoms with E-state index >= 15 is 0 Å². The van der Waals surface area contributed by atoms with Gasteiger partial charge in [-0.1, -0.05) is 12.1 Å². The molecule has 0 saturated carbocycles. The summed E-state index contributed by atoms with van der Waals surface area (Å²) in [5.41, 5.74) is 1.35. The first-order chi connectivity index (χ1) is 12.5. The average Bonchev–Trinajstić information content (AvgIpc) is 3.25. The average molecular weight is 356 g/mol. The normalized spacial score (nSPS) is 11.0. The molecule has 132 valence electrons. The van der Waals surface area contributed by atoms with Gasteiger partial charge in [0.15, 0.2) is 0 Å². The van der Waals surface area contributed by atoms with E-state index in [4.69, 9.17) is 4.42 Å². The maximum absolute atomic E-state index is 12.9. The lowest BCUT2D eigenvalue weighted by Crippen LogP contribution is -2.07. The largest absolute Gasteiger partial charge is 0.433 e. The van der Waals surface area contributed by atoms with Crippen molar-refractivity contribution in [3.63, 3.8) is 0 Å². The number of carbonyl (C=O) groups excluding carboxylic acids is 1. The molecule has 0 aliphatic rings. The first kappa shape index (κ1) is 17.1. The van der Waals surface area contributed by atoms with Crippen molar-refractivity contribution in [2.24, 2.45) is 0 Å². The maximum Gasteiger partial charge on any atom is 0.433 e. The highest BCUT2D eigenvalue weighted by molar-refractivity contribution is 6.01. The third-order valence-corrected chi connectivity index (χ3v) is 3.35. The van der Waals surface area contributed by atoms with Gasteiger partial charge in [-0.25, -0.2) is 4.39 Å². The van der Waals surface area contributed by atoms with Crippen LogP contribution in [0.1, 0.15) is 11.3 Å². The minimum absolute atomic E-state index is 0.193. The minimum Gasteiger partial charge on any atom is -0.401 e. The standard InChI is InChI=1S/C17H13FN4O4/c18-13-3-1-12(2-4-13)10-21-11-14(9-19-21)20-16(23)7-5-15-6-8-17(26-15)22(24)25/h1-9,11H,10H2,(H,20,23)/b7-5+. The van der Waals surface area contributed by atoms with E-state index in [1.54, 1.807) is 23.0 Å². The number of anilines is 1. The van der Waals surface area contributed by atoms with Gasteiger partial charge >= 0.3 is 5.88 Å². The van der Waals surface area contributed by atoms with E-state index in [0.717, 1.165) is 5.56 Å². The Bertz CT molecular complexity index is 959. The Morgan fingerprint density at radius 2 is 2.08 bits per heavy atom. The highest BCUT2D eigenvalue weighted by Gasteiger charge is 2.10. The van der Waals surface area contributed by atoms with Gasteiger partial charge in [-0.15, -0.1) is 0 Å². The topological polar surface area (TPSA) is 103 Å². The van der Waals surface area contributed by atoms with Gasteiger partial charge in [0.2, 0.25) is 5.91 Å². The van der Waals surface area contributed by atoms with Crippen molar-refractivity contribution in [3.8, 4) is 0 Å². The molecule has 0 aliphatic heterocycles.